The van der Waals surface area contributed by atoms with E-state index in [2.05, 4.69) is 15.4 Å². The highest BCUT2D eigenvalue weighted by Crippen LogP contribution is 2.39. The van der Waals surface area contributed by atoms with Gasteiger partial charge in [0.1, 0.15) is 5.82 Å². The molecule has 0 bridgehead atoms. The van der Waals surface area contributed by atoms with Crippen LogP contribution in [0.15, 0.2) is 60.7 Å². The Morgan fingerprint density at radius 2 is 1.68 bits per heavy atom. The van der Waals surface area contributed by atoms with Crippen molar-refractivity contribution in [2.24, 2.45) is 0 Å². The van der Waals surface area contributed by atoms with Gasteiger partial charge in [-0.2, -0.15) is 22.8 Å². The lowest BCUT2D eigenvalue weighted by atomic mass is 10.1. The molecule has 0 unspecified atom stereocenters. The van der Waals surface area contributed by atoms with E-state index in [-0.39, 0.29) is 11.2 Å². The fourth-order valence-corrected chi connectivity index (χ4v) is 3.10. The first-order chi connectivity index (χ1) is 13.3. The summed E-state index contributed by atoms with van der Waals surface area (Å²) < 4.78 is 42.4. The number of halogens is 4. The van der Waals surface area contributed by atoms with Crippen LogP contribution in [0.4, 0.5) is 24.7 Å². The van der Waals surface area contributed by atoms with Crippen LogP contribution in [0.2, 0.25) is 5.02 Å². The number of hydrogen-bond acceptors (Lipinski definition) is 3. The second-order valence-corrected chi connectivity index (χ2v) is 6.67. The summed E-state index contributed by atoms with van der Waals surface area (Å²) in [5.41, 5.74) is 0.749. The molecular formula is C20H14ClF3N4. The van der Waals surface area contributed by atoms with E-state index in [9.17, 15) is 13.2 Å². The maximum Gasteiger partial charge on any atom is 0.435 e. The molecular weight excluding hydrogens is 389 g/mol. The van der Waals surface area contributed by atoms with E-state index in [1.165, 1.54) is 4.52 Å². The topological polar surface area (TPSA) is 42.2 Å². The first-order valence-electron chi connectivity index (χ1n) is 8.38. The maximum atomic E-state index is 13.7. The lowest BCUT2D eigenvalue weighted by molar-refractivity contribution is -0.140. The van der Waals surface area contributed by atoms with Gasteiger partial charge in [0.05, 0.1) is 5.56 Å². The molecule has 28 heavy (non-hydrogen) atoms. The van der Waals surface area contributed by atoms with E-state index in [0.717, 1.165) is 0 Å². The number of rotatable bonds is 3. The van der Waals surface area contributed by atoms with Gasteiger partial charge in [-0.05, 0) is 36.8 Å². The minimum atomic E-state index is -4.62. The number of fused-ring (bicyclic) bond motifs is 1. The third-order valence-electron chi connectivity index (χ3n) is 4.16. The Labute approximate surface area is 163 Å². The molecule has 2 aromatic heterocycles. The zero-order valence-electron chi connectivity index (χ0n) is 14.6. The average Bonchev–Trinajstić information content (AvgIpc) is 3.04. The van der Waals surface area contributed by atoms with E-state index in [1.54, 1.807) is 67.6 Å². The first kappa shape index (κ1) is 18.3. The summed E-state index contributed by atoms with van der Waals surface area (Å²) in [6, 6.07) is 16.8. The minimum absolute atomic E-state index is 0.0454. The fraction of sp³-hybridized carbons (Fsp3) is 0.100. The Morgan fingerprint density at radius 3 is 2.32 bits per heavy atom. The molecule has 0 fully saturated rings. The molecule has 1 N–H and O–H groups in total. The van der Waals surface area contributed by atoms with Gasteiger partial charge in [-0.1, -0.05) is 41.9 Å². The highest BCUT2D eigenvalue weighted by molar-refractivity contribution is 6.30. The monoisotopic (exact) mass is 402 g/mol. The van der Waals surface area contributed by atoms with Crippen LogP contribution >= 0.6 is 11.6 Å². The fourth-order valence-electron chi connectivity index (χ4n) is 2.98. The molecule has 0 radical (unpaired) electrons. The van der Waals surface area contributed by atoms with Crippen molar-refractivity contribution < 1.29 is 13.2 Å². The standard InChI is InChI=1S/C20H14ClF3N4/c1-12-11-16(26-15-9-7-14(21)8-10-15)28-19(25-12)17(13-5-3-2-4-6-13)18(27-28)20(22,23)24/h2-11,26H,1H3. The van der Waals surface area contributed by atoms with E-state index in [4.69, 9.17) is 11.6 Å². The van der Waals surface area contributed by atoms with Crippen LogP contribution in [0.1, 0.15) is 11.4 Å². The smallest absolute Gasteiger partial charge is 0.340 e. The third-order valence-corrected chi connectivity index (χ3v) is 4.42. The Hall–Kier alpha value is -3.06. The van der Waals surface area contributed by atoms with Crippen molar-refractivity contribution in [2.75, 3.05) is 5.32 Å². The zero-order valence-corrected chi connectivity index (χ0v) is 15.4. The number of aryl methyl sites for hydroxylation is 1. The quantitative estimate of drug-likeness (QED) is 0.449. The van der Waals surface area contributed by atoms with E-state index in [1.807, 2.05) is 0 Å². The Balaban J connectivity index is 1.96. The van der Waals surface area contributed by atoms with Gasteiger partial charge in [0.25, 0.3) is 0 Å². The summed E-state index contributed by atoms with van der Waals surface area (Å²) in [5, 5.41) is 7.51. The largest absolute Gasteiger partial charge is 0.435 e. The van der Waals surface area contributed by atoms with Crippen LogP contribution < -0.4 is 5.32 Å². The number of nitrogens with one attached hydrogen (secondary N) is 1. The van der Waals surface area contributed by atoms with Crippen molar-refractivity contribution in [1.29, 1.82) is 0 Å². The molecule has 2 aromatic carbocycles. The predicted molar refractivity (Wildman–Crippen MR) is 103 cm³/mol. The molecule has 0 aliphatic rings. The van der Waals surface area contributed by atoms with E-state index >= 15 is 0 Å². The SMILES string of the molecule is Cc1cc(Nc2ccc(Cl)cc2)n2nc(C(F)(F)F)c(-c3ccccc3)c2n1. The maximum absolute atomic E-state index is 13.7. The molecule has 0 saturated heterocycles. The number of nitrogens with zero attached hydrogens (tertiary/aromatic N) is 3. The van der Waals surface area contributed by atoms with Crippen molar-refractivity contribution >= 4 is 28.8 Å². The van der Waals surface area contributed by atoms with Crippen LogP contribution in [0.25, 0.3) is 16.8 Å². The van der Waals surface area contributed by atoms with Crippen molar-refractivity contribution in [3.63, 3.8) is 0 Å². The molecule has 8 heteroatoms. The first-order valence-corrected chi connectivity index (χ1v) is 8.76. The summed E-state index contributed by atoms with van der Waals surface area (Å²) in [4.78, 5) is 4.34. The molecule has 0 aliphatic carbocycles. The molecule has 4 nitrogen and oxygen atoms in total. The molecule has 0 aliphatic heterocycles. The summed E-state index contributed by atoms with van der Waals surface area (Å²) in [6.07, 6.45) is -4.62. The van der Waals surface area contributed by atoms with Gasteiger partial charge in [0, 0.05) is 22.5 Å². The lowest BCUT2D eigenvalue weighted by Gasteiger charge is -2.10. The minimum Gasteiger partial charge on any atom is -0.340 e. The number of aromatic nitrogens is 3. The molecule has 0 saturated carbocycles. The van der Waals surface area contributed by atoms with Gasteiger partial charge in [-0.15, -0.1) is 0 Å². The molecule has 0 amide bonds. The van der Waals surface area contributed by atoms with Crippen LogP contribution in [0.3, 0.4) is 0 Å². The summed E-state index contributed by atoms with van der Waals surface area (Å²) in [5.74, 6) is 0.373. The molecule has 0 atom stereocenters. The van der Waals surface area contributed by atoms with E-state index in [0.29, 0.717) is 27.8 Å². The van der Waals surface area contributed by atoms with E-state index < -0.39 is 11.9 Å². The molecule has 142 valence electrons. The highest BCUT2D eigenvalue weighted by Gasteiger charge is 2.39. The number of benzene rings is 2. The van der Waals surface area contributed by atoms with Gasteiger partial charge in [-0.25, -0.2) is 4.98 Å². The lowest BCUT2D eigenvalue weighted by Crippen LogP contribution is -2.08. The Morgan fingerprint density at radius 1 is 1.00 bits per heavy atom. The van der Waals surface area contributed by atoms with Crippen LogP contribution in [0, 0.1) is 6.92 Å². The van der Waals surface area contributed by atoms with Gasteiger partial charge in [-0.3, -0.25) is 0 Å². The van der Waals surface area contributed by atoms with Crippen molar-refractivity contribution in [3.05, 3.63) is 77.1 Å². The van der Waals surface area contributed by atoms with Crippen LogP contribution in [0.5, 0.6) is 0 Å². The molecule has 2 heterocycles. The molecule has 0 spiro atoms. The van der Waals surface area contributed by atoms with Gasteiger partial charge >= 0.3 is 6.18 Å². The predicted octanol–water partition coefficient (Wildman–Crippen LogP) is 6.12. The second-order valence-electron chi connectivity index (χ2n) is 6.24. The van der Waals surface area contributed by atoms with Crippen molar-refractivity contribution in [1.82, 2.24) is 14.6 Å². The number of alkyl halides is 3. The molecule has 4 rings (SSSR count). The number of hydrogen-bond donors (Lipinski definition) is 1. The summed E-state index contributed by atoms with van der Waals surface area (Å²) in [7, 11) is 0. The normalized spacial score (nSPS) is 11.8. The van der Waals surface area contributed by atoms with Crippen LogP contribution in [-0.4, -0.2) is 14.6 Å². The zero-order chi connectivity index (χ0) is 19.9. The Kier molecular flexibility index (Phi) is 4.47. The summed E-state index contributed by atoms with van der Waals surface area (Å²) >= 11 is 5.90. The summed E-state index contributed by atoms with van der Waals surface area (Å²) in [6.45, 7) is 1.72. The Bertz CT molecular complexity index is 1140. The van der Waals surface area contributed by atoms with Crippen molar-refractivity contribution in [3.8, 4) is 11.1 Å². The average molecular weight is 403 g/mol. The van der Waals surface area contributed by atoms with Gasteiger partial charge in [0.2, 0.25) is 0 Å². The second kappa shape index (κ2) is 6.83. The number of anilines is 2. The van der Waals surface area contributed by atoms with Crippen molar-refractivity contribution in [2.45, 2.75) is 13.1 Å². The van der Waals surface area contributed by atoms with Gasteiger partial charge < -0.3 is 5.32 Å². The highest BCUT2D eigenvalue weighted by atomic mass is 35.5. The third kappa shape index (κ3) is 3.41. The van der Waals surface area contributed by atoms with Crippen LogP contribution in [-0.2, 0) is 6.18 Å². The van der Waals surface area contributed by atoms with Gasteiger partial charge in [0.15, 0.2) is 11.3 Å². The molecule has 4 aromatic rings.